The van der Waals surface area contributed by atoms with E-state index in [1.807, 2.05) is 51.1 Å². The van der Waals surface area contributed by atoms with Crippen molar-refractivity contribution in [2.75, 3.05) is 13.1 Å². The van der Waals surface area contributed by atoms with Crippen LogP contribution in [0.3, 0.4) is 0 Å². The lowest BCUT2D eigenvalue weighted by Crippen LogP contribution is -2.47. The molecule has 0 radical (unpaired) electrons. The second kappa shape index (κ2) is 6.51. The fourth-order valence-corrected chi connectivity index (χ4v) is 2.69. The van der Waals surface area contributed by atoms with E-state index >= 15 is 0 Å². The van der Waals surface area contributed by atoms with Crippen molar-refractivity contribution in [1.29, 1.82) is 0 Å². The number of aliphatic hydroxyl groups excluding tert-OH is 1. The van der Waals surface area contributed by atoms with Gasteiger partial charge in [-0.3, -0.25) is 9.69 Å². The Bertz CT molecular complexity index is 562. The Balaban J connectivity index is 2.37. The van der Waals surface area contributed by atoms with Gasteiger partial charge in [0.2, 0.25) is 5.91 Å². The van der Waals surface area contributed by atoms with Gasteiger partial charge in [0.1, 0.15) is 0 Å². The van der Waals surface area contributed by atoms with Gasteiger partial charge in [-0.15, -0.1) is 6.42 Å². The first kappa shape index (κ1) is 16.5. The van der Waals surface area contributed by atoms with Crippen LogP contribution < -0.4 is 0 Å². The van der Waals surface area contributed by atoms with E-state index in [4.69, 9.17) is 6.42 Å². The zero-order valence-corrected chi connectivity index (χ0v) is 13.5. The summed E-state index contributed by atoms with van der Waals surface area (Å²) in [5, 5.41) is 10.6. The van der Waals surface area contributed by atoms with Crippen LogP contribution >= 0.6 is 0 Å². The van der Waals surface area contributed by atoms with E-state index in [0.29, 0.717) is 19.5 Å². The van der Waals surface area contributed by atoms with Gasteiger partial charge in [-0.05, 0) is 12.0 Å². The zero-order chi connectivity index (χ0) is 16.3. The smallest absolute Gasteiger partial charge is 0.231 e. The van der Waals surface area contributed by atoms with Crippen molar-refractivity contribution < 1.29 is 9.90 Å². The highest BCUT2D eigenvalue weighted by Crippen LogP contribution is 2.36. The fraction of sp³-hybridized carbons (Fsp3) is 0.500. The second-order valence-electron chi connectivity index (χ2n) is 6.36. The third-order valence-electron chi connectivity index (χ3n) is 4.49. The molecule has 4 nitrogen and oxygen atoms in total. The molecule has 1 aromatic rings. The molecule has 1 aromatic carbocycles. The van der Waals surface area contributed by atoms with Gasteiger partial charge in [0.25, 0.3) is 0 Å². The molecule has 4 heteroatoms. The third kappa shape index (κ3) is 3.01. The lowest BCUT2D eigenvalue weighted by Gasteiger charge is -2.34. The average molecular weight is 300 g/mol. The predicted molar refractivity (Wildman–Crippen MR) is 86.5 cm³/mol. The van der Waals surface area contributed by atoms with Gasteiger partial charge >= 0.3 is 0 Å². The first-order chi connectivity index (χ1) is 10.4. The maximum Gasteiger partial charge on any atom is 0.231 e. The summed E-state index contributed by atoms with van der Waals surface area (Å²) in [6.07, 6.45) is 5.12. The highest BCUT2D eigenvalue weighted by molar-refractivity contribution is 5.82. The Morgan fingerprint density at radius 3 is 2.59 bits per heavy atom. The van der Waals surface area contributed by atoms with E-state index in [-0.39, 0.29) is 11.9 Å². The SMILES string of the molecule is C#CCN1C[C@@H](c2ccccc2)N(C(=O)C(C)(C)CC)C1O. The predicted octanol–water partition coefficient (Wildman–Crippen LogP) is 2.22. The minimum Gasteiger partial charge on any atom is -0.361 e. The number of hydrogen-bond acceptors (Lipinski definition) is 3. The highest BCUT2D eigenvalue weighted by Gasteiger charge is 2.45. The first-order valence-corrected chi connectivity index (χ1v) is 7.65. The molecule has 1 aliphatic rings. The van der Waals surface area contributed by atoms with Crippen molar-refractivity contribution in [2.45, 2.75) is 39.6 Å². The topological polar surface area (TPSA) is 43.8 Å². The molecule has 1 N–H and O–H groups in total. The summed E-state index contributed by atoms with van der Waals surface area (Å²) in [6.45, 7) is 6.67. The number of benzene rings is 1. The van der Waals surface area contributed by atoms with Gasteiger partial charge in [0.05, 0.1) is 12.6 Å². The summed E-state index contributed by atoms with van der Waals surface area (Å²) >= 11 is 0. The maximum absolute atomic E-state index is 12.9. The van der Waals surface area contributed by atoms with E-state index in [1.54, 1.807) is 9.80 Å². The maximum atomic E-state index is 12.9. The average Bonchev–Trinajstić information content (AvgIpc) is 2.84. The molecule has 0 spiro atoms. The molecule has 1 aliphatic heterocycles. The van der Waals surface area contributed by atoms with Crippen LogP contribution in [-0.2, 0) is 4.79 Å². The van der Waals surface area contributed by atoms with Crippen molar-refractivity contribution in [3.63, 3.8) is 0 Å². The number of rotatable bonds is 4. The Kier molecular flexibility index (Phi) is 4.90. The summed E-state index contributed by atoms with van der Waals surface area (Å²) in [4.78, 5) is 16.3. The van der Waals surface area contributed by atoms with Gasteiger partial charge in [0.15, 0.2) is 6.35 Å². The molecule has 0 aliphatic carbocycles. The lowest BCUT2D eigenvalue weighted by atomic mass is 9.88. The van der Waals surface area contributed by atoms with Crippen molar-refractivity contribution in [3.8, 4) is 12.3 Å². The molecule has 118 valence electrons. The molecule has 1 unspecified atom stereocenters. The molecule has 0 saturated carbocycles. The normalized spacial score (nSPS) is 22.6. The second-order valence-corrected chi connectivity index (χ2v) is 6.36. The number of aliphatic hydroxyl groups is 1. The Morgan fingerprint density at radius 1 is 1.41 bits per heavy atom. The first-order valence-electron chi connectivity index (χ1n) is 7.65. The van der Waals surface area contributed by atoms with E-state index in [0.717, 1.165) is 5.56 Å². The van der Waals surface area contributed by atoms with Crippen LogP contribution in [0.1, 0.15) is 38.8 Å². The van der Waals surface area contributed by atoms with Gasteiger partial charge in [0, 0.05) is 12.0 Å². The van der Waals surface area contributed by atoms with Crippen molar-refractivity contribution >= 4 is 5.91 Å². The molecule has 1 saturated heterocycles. The van der Waals surface area contributed by atoms with Gasteiger partial charge in [-0.1, -0.05) is 57.0 Å². The molecule has 1 fully saturated rings. The zero-order valence-electron chi connectivity index (χ0n) is 13.5. The molecule has 1 amide bonds. The number of nitrogens with zero attached hydrogens (tertiary/aromatic N) is 2. The summed E-state index contributed by atoms with van der Waals surface area (Å²) in [5.74, 6) is 2.51. The number of amides is 1. The van der Waals surface area contributed by atoms with Crippen LogP contribution in [0.15, 0.2) is 30.3 Å². The molecular formula is C18H24N2O2. The Labute approximate surface area is 132 Å². The minimum atomic E-state index is -0.973. The van der Waals surface area contributed by atoms with Crippen LogP contribution in [0.4, 0.5) is 0 Å². The molecule has 22 heavy (non-hydrogen) atoms. The highest BCUT2D eigenvalue weighted by atomic mass is 16.3. The molecule has 2 atom stereocenters. The van der Waals surface area contributed by atoms with E-state index in [9.17, 15) is 9.90 Å². The van der Waals surface area contributed by atoms with E-state index in [1.165, 1.54) is 0 Å². The fourth-order valence-electron chi connectivity index (χ4n) is 2.69. The lowest BCUT2D eigenvalue weighted by molar-refractivity contribution is -0.157. The third-order valence-corrected chi connectivity index (χ3v) is 4.49. The molecule has 0 aromatic heterocycles. The van der Waals surface area contributed by atoms with Crippen LogP contribution in [0.5, 0.6) is 0 Å². The van der Waals surface area contributed by atoms with Crippen LogP contribution in [0, 0.1) is 17.8 Å². The van der Waals surface area contributed by atoms with E-state index in [2.05, 4.69) is 5.92 Å². The molecule has 2 rings (SSSR count). The van der Waals surface area contributed by atoms with Crippen molar-refractivity contribution in [2.24, 2.45) is 5.41 Å². The summed E-state index contributed by atoms with van der Waals surface area (Å²) in [5.41, 5.74) is 0.501. The summed E-state index contributed by atoms with van der Waals surface area (Å²) in [6, 6.07) is 9.61. The monoisotopic (exact) mass is 300 g/mol. The van der Waals surface area contributed by atoms with Crippen LogP contribution in [0.25, 0.3) is 0 Å². The van der Waals surface area contributed by atoms with Crippen molar-refractivity contribution in [1.82, 2.24) is 9.80 Å². The minimum absolute atomic E-state index is 0.0455. The van der Waals surface area contributed by atoms with Gasteiger partial charge in [-0.2, -0.15) is 0 Å². The number of hydrogen-bond donors (Lipinski definition) is 1. The molecular weight excluding hydrogens is 276 g/mol. The molecule has 0 bridgehead atoms. The summed E-state index contributed by atoms with van der Waals surface area (Å²) in [7, 11) is 0. The molecule has 1 heterocycles. The largest absolute Gasteiger partial charge is 0.361 e. The summed E-state index contributed by atoms with van der Waals surface area (Å²) < 4.78 is 0. The Hall–Kier alpha value is -1.83. The number of carbonyl (C=O) groups excluding carboxylic acids is 1. The van der Waals surface area contributed by atoms with Gasteiger partial charge < -0.3 is 5.11 Å². The quantitative estimate of drug-likeness (QED) is 0.867. The van der Waals surface area contributed by atoms with Crippen LogP contribution in [0.2, 0.25) is 0 Å². The number of carbonyl (C=O) groups is 1. The van der Waals surface area contributed by atoms with Crippen LogP contribution in [-0.4, -0.2) is 40.3 Å². The van der Waals surface area contributed by atoms with Crippen molar-refractivity contribution in [3.05, 3.63) is 35.9 Å². The standard InChI is InChI=1S/C18H24N2O2/c1-5-12-19-13-15(14-10-8-7-9-11-14)20(17(19)22)16(21)18(3,4)6-2/h1,7-11,15,17,22H,6,12-13H2,2-4H3/t15-,17?/m0/s1. The number of terminal acetylenes is 1. The van der Waals surface area contributed by atoms with E-state index < -0.39 is 11.8 Å². The Morgan fingerprint density at radius 2 is 2.05 bits per heavy atom. The van der Waals surface area contributed by atoms with Gasteiger partial charge in [-0.25, -0.2) is 4.90 Å².